The maximum Gasteiger partial charge on any atom is 0.417 e. The van der Waals surface area contributed by atoms with E-state index in [1.54, 1.807) is 35.2 Å². The highest BCUT2D eigenvalue weighted by atomic mass is 19.4. The Morgan fingerprint density at radius 1 is 0.914 bits per heavy atom. The molecule has 1 fully saturated rings. The standard InChI is InChI=1S/C24H21F3N4O4/c25-24(26,27)18-4-5-19(28-15-18)13-16-1-6-20(7-2-16)35-23(34)31-11-9-30(10-12-31)21-8-3-17(14-29-21)22(32)33/h1-8,14-15H,9-13H2,(H,32,33). The van der Waals surface area contributed by atoms with Crippen LogP contribution in [0.5, 0.6) is 5.75 Å². The Bertz CT molecular complexity index is 1180. The van der Waals surface area contributed by atoms with Crippen LogP contribution in [0.3, 0.4) is 0 Å². The molecule has 1 aliphatic heterocycles. The summed E-state index contributed by atoms with van der Waals surface area (Å²) in [4.78, 5) is 35.0. The van der Waals surface area contributed by atoms with E-state index in [4.69, 9.17) is 9.84 Å². The van der Waals surface area contributed by atoms with Gasteiger partial charge in [0, 0.05) is 50.7 Å². The molecule has 1 aromatic carbocycles. The summed E-state index contributed by atoms with van der Waals surface area (Å²) in [7, 11) is 0. The van der Waals surface area contributed by atoms with Crippen molar-refractivity contribution < 1.29 is 32.6 Å². The molecule has 0 aliphatic carbocycles. The van der Waals surface area contributed by atoms with Crippen LogP contribution in [0.4, 0.5) is 23.8 Å². The topological polar surface area (TPSA) is 95.9 Å². The zero-order valence-electron chi connectivity index (χ0n) is 18.4. The van der Waals surface area contributed by atoms with Crippen molar-refractivity contribution in [3.05, 3.63) is 83.3 Å². The molecule has 3 heterocycles. The van der Waals surface area contributed by atoms with Gasteiger partial charge in [-0.1, -0.05) is 12.1 Å². The number of aromatic carboxylic acids is 1. The lowest BCUT2D eigenvalue weighted by atomic mass is 10.1. The van der Waals surface area contributed by atoms with Crippen LogP contribution in [0.2, 0.25) is 0 Å². The van der Waals surface area contributed by atoms with Gasteiger partial charge in [0.25, 0.3) is 0 Å². The molecule has 35 heavy (non-hydrogen) atoms. The minimum absolute atomic E-state index is 0.109. The number of carboxylic acid groups (broad SMARTS) is 1. The van der Waals surface area contributed by atoms with E-state index in [2.05, 4.69) is 9.97 Å². The van der Waals surface area contributed by atoms with Crippen molar-refractivity contribution in [2.24, 2.45) is 0 Å². The number of carbonyl (C=O) groups is 2. The van der Waals surface area contributed by atoms with Gasteiger partial charge in [-0.3, -0.25) is 4.98 Å². The van der Waals surface area contributed by atoms with Crippen LogP contribution in [0, 0.1) is 0 Å². The number of amides is 1. The largest absolute Gasteiger partial charge is 0.478 e. The molecular weight excluding hydrogens is 465 g/mol. The highest BCUT2D eigenvalue weighted by molar-refractivity contribution is 5.87. The average Bonchev–Trinajstić information content (AvgIpc) is 2.85. The van der Waals surface area contributed by atoms with Crippen LogP contribution in [-0.2, 0) is 12.6 Å². The van der Waals surface area contributed by atoms with Crippen molar-refractivity contribution >= 4 is 17.9 Å². The molecule has 0 unspecified atom stereocenters. The second kappa shape index (κ2) is 10.00. The van der Waals surface area contributed by atoms with Gasteiger partial charge < -0.3 is 19.6 Å². The lowest BCUT2D eigenvalue weighted by Crippen LogP contribution is -2.49. The van der Waals surface area contributed by atoms with E-state index >= 15 is 0 Å². The zero-order valence-corrected chi connectivity index (χ0v) is 18.4. The second-order valence-electron chi connectivity index (χ2n) is 7.91. The van der Waals surface area contributed by atoms with Crippen LogP contribution in [0.25, 0.3) is 0 Å². The van der Waals surface area contributed by atoms with Crippen LogP contribution in [-0.4, -0.2) is 58.2 Å². The third-order valence-electron chi connectivity index (χ3n) is 5.52. The number of pyridine rings is 2. The summed E-state index contributed by atoms with van der Waals surface area (Å²) in [6.45, 7) is 1.87. The Morgan fingerprint density at radius 2 is 1.63 bits per heavy atom. The third-order valence-corrected chi connectivity index (χ3v) is 5.52. The minimum atomic E-state index is -4.42. The SMILES string of the molecule is O=C(O)c1ccc(N2CCN(C(=O)Oc3ccc(Cc4ccc(C(F)(F)F)cn4)cc3)CC2)nc1. The van der Waals surface area contributed by atoms with Crippen LogP contribution >= 0.6 is 0 Å². The molecule has 1 amide bonds. The van der Waals surface area contributed by atoms with Crippen LogP contribution in [0.15, 0.2) is 60.9 Å². The molecule has 182 valence electrons. The van der Waals surface area contributed by atoms with E-state index in [1.165, 1.54) is 18.3 Å². The highest BCUT2D eigenvalue weighted by Crippen LogP contribution is 2.28. The molecule has 0 spiro atoms. The van der Waals surface area contributed by atoms with Crippen LogP contribution < -0.4 is 9.64 Å². The van der Waals surface area contributed by atoms with Gasteiger partial charge >= 0.3 is 18.2 Å². The van der Waals surface area contributed by atoms with E-state index < -0.39 is 23.8 Å². The molecule has 0 radical (unpaired) electrons. The maximum absolute atomic E-state index is 12.7. The summed E-state index contributed by atoms with van der Waals surface area (Å²) >= 11 is 0. The Morgan fingerprint density at radius 3 is 2.17 bits per heavy atom. The van der Waals surface area contributed by atoms with E-state index in [0.717, 1.165) is 17.8 Å². The molecule has 0 saturated carbocycles. The van der Waals surface area contributed by atoms with Crippen molar-refractivity contribution in [3.8, 4) is 5.75 Å². The van der Waals surface area contributed by atoms with Gasteiger partial charge in [0.15, 0.2) is 0 Å². The quantitative estimate of drug-likeness (QED) is 0.580. The van der Waals surface area contributed by atoms with Gasteiger partial charge in [-0.15, -0.1) is 0 Å². The van der Waals surface area contributed by atoms with E-state index in [0.29, 0.717) is 49.9 Å². The fraction of sp³-hybridized carbons (Fsp3) is 0.250. The molecule has 4 rings (SSSR count). The van der Waals surface area contributed by atoms with Crippen molar-refractivity contribution in [2.45, 2.75) is 12.6 Å². The number of halogens is 3. The molecule has 0 atom stereocenters. The summed E-state index contributed by atoms with van der Waals surface area (Å²) in [5, 5.41) is 8.97. The fourth-order valence-electron chi connectivity index (χ4n) is 3.56. The molecule has 8 nitrogen and oxygen atoms in total. The molecule has 11 heteroatoms. The molecule has 1 aliphatic rings. The lowest BCUT2D eigenvalue weighted by Gasteiger charge is -2.34. The molecule has 3 aromatic rings. The summed E-state index contributed by atoms with van der Waals surface area (Å²) in [6.07, 6.45) is -2.46. The molecule has 2 aromatic heterocycles. The highest BCUT2D eigenvalue weighted by Gasteiger charge is 2.30. The van der Waals surface area contributed by atoms with E-state index in [-0.39, 0.29) is 5.56 Å². The molecule has 1 saturated heterocycles. The van der Waals surface area contributed by atoms with Gasteiger partial charge in [0.2, 0.25) is 0 Å². The number of hydrogen-bond acceptors (Lipinski definition) is 6. The Hall–Kier alpha value is -4.15. The first-order valence-corrected chi connectivity index (χ1v) is 10.7. The van der Waals surface area contributed by atoms with Gasteiger partial charge in [-0.2, -0.15) is 13.2 Å². The van der Waals surface area contributed by atoms with E-state index in [1.807, 2.05) is 4.90 Å². The number of benzene rings is 1. The molecule has 0 bridgehead atoms. The number of anilines is 1. The molecule has 1 N–H and O–H groups in total. The lowest BCUT2D eigenvalue weighted by molar-refractivity contribution is -0.137. The van der Waals surface area contributed by atoms with Crippen LogP contribution in [0.1, 0.15) is 27.2 Å². The van der Waals surface area contributed by atoms with Gasteiger partial charge in [0.05, 0.1) is 11.1 Å². The number of hydrogen-bond donors (Lipinski definition) is 1. The number of nitrogens with zero attached hydrogens (tertiary/aromatic N) is 4. The number of carbonyl (C=O) groups excluding carboxylic acids is 1. The van der Waals surface area contributed by atoms with Crippen molar-refractivity contribution in [3.63, 3.8) is 0 Å². The first-order chi connectivity index (χ1) is 16.7. The second-order valence-corrected chi connectivity index (χ2v) is 7.91. The first-order valence-electron chi connectivity index (χ1n) is 10.7. The smallest absolute Gasteiger partial charge is 0.417 e. The Labute approximate surface area is 198 Å². The predicted octanol–water partition coefficient (Wildman–Crippen LogP) is 4.11. The van der Waals surface area contributed by atoms with E-state index in [9.17, 15) is 22.8 Å². The van der Waals surface area contributed by atoms with Gasteiger partial charge in [-0.25, -0.2) is 14.6 Å². The molecular formula is C24H21F3N4O4. The summed E-state index contributed by atoms with van der Waals surface area (Å²) in [5.41, 5.74) is 0.620. The number of carboxylic acids is 1. The Balaban J connectivity index is 1.27. The summed E-state index contributed by atoms with van der Waals surface area (Å²) < 4.78 is 43.4. The number of rotatable bonds is 5. The Kier molecular flexibility index (Phi) is 6.85. The van der Waals surface area contributed by atoms with Crippen molar-refractivity contribution in [2.75, 3.05) is 31.1 Å². The third kappa shape index (κ3) is 6.05. The average molecular weight is 486 g/mol. The number of ether oxygens (including phenoxy) is 1. The predicted molar refractivity (Wildman–Crippen MR) is 119 cm³/mol. The zero-order chi connectivity index (χ0) is 25.0. The normalized spacial score (nSPS) is 14.0. The monoisotopic (exact) mass is 486 g/mol. The summed E-state index contributed by atoms with van der Waals surface area (Å²) in [6, 6.07) is 12.2. The first kappa shape index (κ1) is 24.0. The fourth-order valence-corrected chi connectivity index (χ4v) is 3.56. The van der Waals surface area contributed by atoms with Crippen molar-refractivity contribution in [1.29, 1.82) is 0 Å². The van der Waals surface area contributed by atoms with Gasteiger partial charge in [0.1, 0.15) is 11.6 Å². The van der Waals surface area contributed by atoms with Crippen molar-refractivity contribution in [1.82, 2.24) is 14.9 Å². The van der Waals surface area contributed by atoms with Gasteiger partial charge in [-0.05, 0) is 42.0 Å². The number of piperazine rings is 1. The summed E-state index contributed by atoms with van der Waals surface area (Å²) in [5.74, 6) is -0.0467. The maximum atomic E-state index is 12.7. The number of alkyl halides is 3. The minimum Gasteiger partial charge on any atom is -0.478 e. The number of aromatic nitrogens is 2.